The second-order valence-corrected chi connectivity index (χ2v) is 7.09. The molecule has 6 heteroatoms. The first-order valence-corrected chi connectivity index (χ1v) is 6.88. The molecule has 0 heterocycles. The number of esters is 1. The third-order valence-electron chi connectivity index (χ3n) is 2.74. The Balaban J connectivity index is 2.84. The molecule has 20 heavy (non-hydrogen) atoms. The molecular formula is C14H17BrF2O3. The second-order valence-electron chi connectivity index (χ2n) is 5.04. The number of carbonyl (C=O) groups is 1. The van der Waals surface area contributed by atoms with Crippen LogP contribution in [0.1, 0.15) is 30.6 Å². The fourth-order valence-corrected chi connectivity index (χ4v) is 1.79. The highest BCUT2D eigenvalue weighted by molar-refractivity contribution is 9.10. The van der Waals surface area contributed by atoms with Gasteiger partial charge in [-0.05, 0) is 26.0 Å². The van der Waals surface area contributed by atoms with Crippen molar-refractivity contribution >= 4 is 21.9 Å². The molecule has 0 spiro atoms. The van der Waals surface area contributed by atoms with Crippen molar-refractivity contribution in [3.8, 4) is 0 Å². The minimum atomic E-state index is -3.30. The molecule has 0 aliphatic heterocycles. The van der Waals surface area contributed by atoms with Crippen LogP contribution in [0.15, 0.2) is 30.3 Å². The number of aliphatic hydroxyl groups is 1. The van der Waals surface area contributed by atoms with Crippen LogP contribution in [0.25, 0.3) is 0 Å². The molecule has 1 unspecified atom stereocenters. The summed E-state index contributed by atoms with van der Waals surface area (Å²) in [5, 5.41) is 8.65. The van der Waals surface area contributed by atoms with Gasteiger partial charge in [-0.3, -0.25) is 0 Å². The summed E-state index contributed by atoms with van der Waals surface area (Å²) in [6.45, 7) is 1.97. The number of ether oxygens (including phenoxy) is 1. The van der Waals surface area contributed by atoms with Gasteiger partial charge in [0, 0.05) is 0 Å². The maximum atomic E-state index is 13.3. The highest BCUT2D eigenvalue weighted by Gasteiger charge is 2.40. The van der Waals surface area contributed by atoms with Crippen LogP contribution in [0.5, 0.6) is 0 Å². The third-order valence-corrected chi connectivity index (χ3v) is 3.25. The first-order valence-electron chi connectivity index (χ1n) is 6.09. The van der Waals surface area contributed by atoms with Gasteiger partial charge in [0.2, 0.25) is 0 Å². The van der Waals surface area contributed by atoms with Crippen LogP contribution >= 0.6 is 15.9 Å². The van der Waals surface area contributed by atoms with Gasteiger partial charge in [0.25, 0.3) is 5.92 Å². The molecule has 0 aromatic heterocycles. The van der Waals surface area contributed by atoms with Crippen molar-refractivity contribution in [2.45, 2.75) is 36.6 Å². The van der Waals surface area contributed by atoms with E-state index < -0.39 is 35.3 Å². The minimum absolute atomic E-state index is 0.293. The first-order chi connectivity index (χ1) is 9.15. The van der Waals surface area contributed by atoms with Gasteiger partial charge in [-0.2, -0.15) is 0 Å². The van der Waals surface area contributed by atoms with Gasteiger partial charge >= 0.3 is 5.97 Å². The van der Waals surface area contributed by atoms with Crippen molar-refractivity contribution in [3.05, 3.63) is 35.9 Å². The molecule has 0 aliphatic carbocycles. The van der Waals surface area contributed by atoms with E-state index >= 15 is 0 Å². The predicted molar refractivity (Wildman–Crippen MR) is 75.3 cm³/mol. The fraction of sp³-hybridized carbons (Fsp3) is 0.500. The zero-order valence-electron chi connectivity index (χ0n) is 11.3. The van der Waals surface area contributed by atoms with Crippen LogP contribution in [0.2, 0.25) is 0 Å². The van der Waals surface area contributed by atoms with Gasteiger partial charge in [0.1, 0.15) is 12.7 Å². The average Bonchev–Trinajstić information content (AvgIpc) is 2.37. The molecule has 1 N–H and O–H groups in total. The van der Waals surface area contributed by atoms with Gasteiger partial charge in [0.15, 0.2) is 0 Å². The van der Waals surface area contributed by atoms with Gasteiger partial charge in [0.05, 0.1) is 16.3 Å². The van der Waals surface area contributed by atoms with Crippen LogP contribution in [0.4, 0.5) is 8.78 Å². The molecule has 1 atom stereocenters. The number of rotatable bonds is 6. The van der Waals surface area contributed by atoms with Crippen LogP contribution in [-0.4, -0.2) is 34.0 Å². The zero-order chi connectivity index (χ0) is 15.4. The maximum absolute atomic E-state index is 13.3. The largest absolute Gasteiger partial charge is 0.457 e. The number of aliphatic hydroxyl groups excluding tert-OH is 1. The van der Waals surface area contributed by atoms with E-state index in [1.165, 1.54) is 0 Å². The average molecular weight is 351 g/mol. The monoisotopic (exact) mass is 350 g/mol. The van der Waals surface area contributed by atoms with E-state index in [4.69, 9.17) is 9.84 Å². The fourth-order valence-electron chi connectivity index (χ4n) is 1.53. The summed E-state index contributed by atoms with van der Waals surface area (Å²) in [4.78, 5) is 11.9. The molecule has 0 aliphatic rings. The lowest BCUT2D eigenvalue weighted by Crippen LogP contribution is -2.40. The Bertz CT molecular complexity index is 443. The molecule has 0 fully saturated rings. The van der Waals surface area contributed by atoms with E-state index in [1.807, 2.05) is 0 Å². The SMILES string of the molecule is CC(C)(Br)C(CC(F)(F)CO)OC(=O)c1ccccc1. The quantitative estimate of drug-likeness (QED) is 0.631. The number of hydrogen-bond acceptors (Lipinski definition) is 3. The summed E-state index contributed by atoms with van der Waals surface area (Å²) in [5.41, 5.74) is 0.293. The molecule has 3 nitrogen and oxygen atoms in total. The van der Waals surface area contributed by atoms with Crippen molar-refractivity contribution in [2.24, 2.45) is 0 Å². The maximum Gasteiger partial charge on any atom is 0.338 e. The smallest absolute Gasteiger partial charge is 0.338 e. The van der Waals surface area contributed by atoms with Gasteiger partial charge in [-0.25, -0.2) is 13.6 Å². The molecule has 1 aromatic carbocycles. The van der Waals surface area contributed by atoms with Crippen LogP contribution in [-0.2, 0) is 4.74 Å². The van der Waals surface area contributed by atoms with Crippen molar-refractivity contribution in [1.29, 1.82) is 0 Å². The number of hydrogen-bond donors (Lipinski definition) is 1. The van der Waals surface area contributed by atoms with Crippen LogP contribution in [0.3, 0.4) is 0 Å². The van der Waals surface area contributed by atoms with Crippen LogP contribution in [0, 0.1) is 0 Å². The van der Waals surface area contributed by atoms with E-state index in [2.05, 4.69) is 15.9 Å². The van der Waals surface area contributed by atoms with Crippen molar-refractivity contribution in [1.82, 2.24) is 0 Å². The van der Waals surface area contributed by atoms with Crippen molar-refractivity contribution in [2.75, 3.05) is 6.61 Å². The Morgan fingerprint density at radius 3 is 2.35 bits per heavy atom. The van der Waals surface area contributed by atoms with Crippen molar-refractivity contribution in [3.63, 3.8) is 0 Å². The number of benzene rings is 1. The first kappa shape index (κ1) is 17.0. The Labute approximate surface area is 125 Å². The van der Waals surface area contributed by atoms with E-state index in [-0.39, 0.29) is 0 Å². The predicted octanol–water partition coefficient (Wildman–Crippen LogP) is 3.40. The van der Waals surface area contributed by atoms with Gasteiger partial charge in [-0.1, -0.05) is 34.1 Å². The van der Waals surface area contributed by atoms with Gasteiger partial charge in [-0.15, -0.1) is 0 Å². The lowest BCUT2D eigenvalue weighted by atomic mass is 10.00. The second kappa shape index (κ2) is 6.63. The Morgan fingerprint density at radius 2 is 1.90 bits per heavy atom. The molecule has 112 valence electrons. The Hall–Kier alpha value is -1.01. The molecule has 0 bridgehead atoms. The summed E-state index contributed by atoms with van der Waals surface area (Å²) in [6, 6.07) is 8.15. The Morgan fingerprint density at radius 1 is 1.35 bits per heavy atom. The molecule has 1 rings (SSSR count). The molecule has 0 saturated carbocycles. The molecule has 0 saturated heterocycles. The molecular weight excluding hydrogens is 334 g/mol. The normalized spacial score (nSPS) is 13.9. The van der Waals surface area contributed by atoms with Gasteiger partial charge < -0.3 is 9.84 Å². The molecule has 0 radical (unpaired) electrons. The number of carbonyl (C=O) groups excluding carboxylic acids is 1. The number of alkyl halides is 3. The highest BCUT2D eigenvalue weighted by atomic mass is 79.9. The van der Waals surface area contributed by atoms with E-state index in [0.29, 0.717) is 5.56 Å². The Kier molecular flexibility index (Phi) is 5.65. The zero-order valence-corrected chi connectivity index (χ0v) is 12.9. The summed E-state index contributed by atoms with van der Waals surface area (Å²) in [6.07, 6.45) is -1.82. The summed E-state index contributed by atoms with van der Waals surface area (Å²) >= 11 is 3.24. The minimum Gasteiger partial charge on any atom is -0.457 e. The van der Waals surface area contributed by atoms with Crippen LogP contribution < -0.4 is 0 Å². The van der Waals surface area contributed by atoms with E-state index in [9.17, 15) is 13.6 Å². The number of halogens is 3. The van der Waals surface area contributed by atoms with Crippen molar-refractivity contribution < 1.29 is 23.4 Å². The van der Waals surface area contributed by atoms with E-state index in [0.717, 1.165) is 0 Å². The summed E-state index contributed by atoms with van der Waals surface area (Å²) < 4.78 is 31.0. The molecule has 1 aromatic rings. The summed E-state index contributed by atoms with van der Waals surface area (Å²) in [7, 11) is 0. The van der Waals surface area contributed by atoms with E-state index in [1.54, 1.807) is 44.2 Å². The molecule has 0 amide bonds. The topological polar surface area (TPSA) is 46.5 Å². The summed E-state index contributed by atoms with van der Waals surface area (Å²) in [5.74, 6) is -3.97. The highest BCUT2D eigenvalue weighted by Crippen LogP contribution is 2.32. The third kappa shape index (κ3) is 5.17. The lowest BCUT2D eigenvalue weighted by Gasteiger charge is -2.31. The standard InChI is InChI=1S/C14H17BrF2O3/c1-13(2,15)11(8-14(16,17)9-18)20-12(19)10-6-4-3-5-7-10/h3-7,11,18H,8-9H2,1-2H3. The lowest BCUT2D eigenvalue weighted by molar-refractivity contribution is -0.0891.